The van der Waals surface area contributed by atoms with E-state index in [2.05, 4.69) is 5.32 Å². The van der Waals surface area contributed by atoms with Crippen LogP contribution in [0.4, 0.5) is 4.79 Å². The SMILES string of the molecule is O=C1CCN(Cc2cscc2Cl)C(=O)N1. The number of amides is 3. The molecule has 0 aromatic carbocycles. The number of hydrogen-bond donors (Lipinski definition) is 1. The Morgan fingerprint density at radius 2 is 2.27 bits per heavy atom. The first kappa shape index (κ1) is 10.4. The Balaban J connectivity index is 2.04. The van der Waals surface area contributed by atoms with Crippen LogP contribution in [0, 0.1) is 0 Å². The van der Waals surface area contributed by atoms with Gasteiger partial charge in [0.25, 0.3) is 0 Å². The second-order valence-corrected chi connectivity index (χ2v) is 4.42. The van der Waals surface area contributed by atoms with Gasteiger partial charge in [-0.3, -0.25) is 10.1 Å². The number of urea groups is 1. The van der Waals surface area contributed by atoms with E-state index in [4.69, 9.17) is 11.6 Å². The minimum absolute atomic E-state index is 0.215. The van der Waals surface area contributed by atoms with Gasteiger partial charge in [0.1, 0.15) is 0 Å². The molecule has 15 heavy (non-hydrogen) atoms. The van der Waals surface area contributed by atoms with Crippen LogP contribution >= 0.6 is 22.9 Å². The van der Waals surface area contributed by atoms with Crippen LogP contribution in [0.25, 0.3) is 0 Å². The molecule has 1 aromatic heterocycles. The summed E-state index contributed by atoms with van der Waals surface area (Å²) in [7, 11) is 0. The number of thiophene rings is 1. The van der Waals surface area contributed by atoms with E-state index in [9.17, 15) is 9.59 Å². The van der Waals surface area contributed by atoms with Crippen LogP contribution in [-0.2, 0) is 11.3 Å². The molecule has 0 unspecified atom stereocenters. The Labute approximate surface area is 95.8 Å². The van der Waals surface area contributed by atoms with Gasteiger partial charge in [-0.2, -0.15) is 11.3 Å². The number of rotatable bonds is 2. The number of nitrogens with one attached hydrogen (secondary N) is 1. The molecule has 0 bridgehead atoms. The third-order valence-corrected chi connectivity index (χ3v) is 3.47. The van der Waals surface area contributed by atoms with Gasteiger partial charge in [0.2, 0.25) is 5.91 Å². The predicted octanol–water partition coefficient (Wildman–Crippen LogP) is 1.84. The van der Waals surface area contributed by atoms with Crippen molar-refractivity contribution in [3.8, 4) is 0 Å². The van der Waals surface area contributed by atoms with E-state index in [-0.39, 0.29) is 11.9 Å². The number of carbonyl (C=O) groups excluding carboxylic acids is 2. The minimum atomic E-state index is -0.339. The summed E-state index contributed by atoms with van der Waals surface area (Å²) in [5.74, 6) is -0.215. The highest BCUT2D eigenvalue weighted by Crippen LogP contribution is 2.22. The molecule has 0 aliphatic carbocycles. The fraction of sp³-hybridized carbons (Fsp3) is 0.333. The second-order valence-electron chi connectivity index (χ2n) is 3.27. The lowest BCUT2D eigenvalue weighted by molar-refractivity contribution is -0.121. The van der Waals surface area contributed by atoms with Gasteiger partial charge in [0.05, 0.1) is 5.02 Å². The summed E-state index contributed by atoms with van der Waals surface area (Å²) in [6.45, 7) is 0.915. The van der Waals surface area contributed by atoms with E-state index >= 15 is 0 Å². The molecule has 1 aliphatic rings. The molecule has 1 saturated heterocycles. The highest BCUT2D eigenvalue weighted by molar-refractivity contribution is 7.08. The van der Waals surface area contributed by atoms with Crippen LogP contribution in [0.15, 0.2) is 10.8 Å². The van der Waals surface area contributed by atoms with Crippen LogP contribution in [0.3, 0.4) is 0 Å². The number of carbonyl (C=O) groups is 2. The molecule has 1 aromatic rings. The highest BCUT2D eigenvalue weighted by atomic mass is 35.5. The molecule has 2 rings (SSSR count). The molecular formula is C9H9ClN2O2S. The van der Waals surface area contributed by atoms with Crippen molar-refractivity contribution in [3.63, 3.8) is 0 Å². The maximum atomic E-state index is 11.4. The average molecular weight is 245 g/mol. The number of halogens is 1. The van der Waals surface area contributed by atoms with Gasteiger partial charge < -0.3 is 4.90 Å². The quantitative estimate of drug-likeness (QED) is 0.863. The van der Waals surface area contributed by atoms with Crippen LogP contribution < -0.4 is 5.32 Å². The maximum Gasteiger partial charge on any atom is 0.324 e. The molecule has 6 heteroatoms. The molecule has 4 nitrogen and oxygen atoms in total. The summed E-state index contributed by atoms with van der Waals surface area (Å²) >= 11 is 7.42. The molecule has 1 aliphatic heterocycles. The molecule has 0 saturated carbocycles. The van der Waals surface area contributed by atoms with Crippen molar-refractivity contribution in [2.24, 2.45) is 0 Å². The van der Waals surface area contributed by atoms with Gasteiger partial charge >= 0.3 is 6.03 Å². The smallest absolute Gasteiger partial charge is 0.320 e. The molecule has 0 spiro atoms. The molecular weight excluding hydrogens is 236 g/mol. The van der Waals surface area contributed by atoms with E-state index in [0.717, 1.165) is 5.56 Å². The molecule has 80 valence electrons. The molecule has 0 radical (unpaired) electrons. The first-order valence-electron chi connectivity index (χ1n) is 4.46. The van der Waals surface area contributed by atoms with E-state index in [1.54, 1.807) is 4.90 Å². The van der Waals surface area contributed by atoms with Gasteiger partial charge in [0.15, 0.2) is 0 Å². The number of hydrogen-bond acceptors (Lipinski definition) is 3. The van der Waals surface area contributed by atoms with E-state index in [1.807, 2.05) is 10.8 Å². The fourth-order valence-corrected chi connectivity index (χ4v) is 2.41. The van der Waals surface area contributed by atoms with Crippen LogP contribution in [-0.4, -0.2) is 23.4 Å². The molecule has 2 heterocycles. The standard InChI is InChI=1S/C9H9ClN2O2S/c10-7-5-15-4-6(7)3-12-2-1-8(13)11-9(12)14/h4-5H,1-3H2,(H,11,13,14). The van der Waals surface area contributed by atoms with Crippen LogP contribution in [0.5, 0.6) is 0 Å². The van der Waals surface area contributed by atoms with Gasteiger partial charge in [-0.1, -0.05) is 11.6 Å². The number of imide groups is 1. The topological polar surface area (TPSA) is 49.4 Å². The van der Waals surface area contributed by atoms with Crippen molar-refractivity contribution in [1.82, 2.24) is 10.2 Å². The summed E-state index contributed by atoms with van der Waals surface area (Å²) in [5, 5.41) is 6.67. The first-order valence-corrected chi connectivity index (χ1v) is 5.78. The Morgan fingerprint density at radius 1 is 1.47 bits per heavy atom. The number of nitrogens with zero attached hydrogens (tertiary/aromatic N) is 1. The van der Waals surface area contributed by atoms with Crippen LogP contribution in [0.1, 0.15) is 12.0 Å². The third-order valence-electron chi connectivity index (χ3n) is 2.19. The largest absolute Gasteiger partial charge is 0.324 e. The van der Waals surface area contributed by atoms with Crippen molar-refractivity contribution in [2.75, 3.05) is 6.54 Å². The Hall–Kier alpha value is -1.07. The molecule has 1 fully saturated rings. The van der Waals surface area contributed by atoms with E-state index < -0.39 is 0 Å². The zero-order valence-corrected chi connectivity index (χ0v) is 9.40. The zero-order chi connectivity index (χ0) is 10.8. The summed E-state index contributed by atoms with van der Waals surface area (Å²) < 4.78 is 0. The Bertz CT molecular complexity index is 405. The molecule has 3 amide bonds. The average Bonchev–Trinajstić information content (AvgIpc) is 2.57. The minimum Gasteiger partial charge on any atom is -0.320 e. The highest BCUT2D eigenvalue weighted by Gasteiger charge is 2.23. The second kappa shape index (κ2) is 4.20. The monoisotopic (exact) mass is 244 g/mol. The van der Waals surface area contributed by atoms with Gasteiger partial charge in [-0.25, -0.2) is 4.79 Å². The lowest BCUT2D eigenvalue weighted by Crippen LogP contribution is -2.48. The fourth-order valence-electron chi connectivity index (χ4n) is 1.38. The summed E-state index contributed by atoms with van der Waals surface area (Å²) in [5.41, 5.74) is 0.922. The van der Waals surface area contributed by atoms with Crippen molar-refractivity contribution in [3.05, 3.63) is 21.3 Å². The molecule has 1 N–H and O–H groups in total. The third kappa shape index (κ3) is 2.30. The Morgan fingerprint density at radius 3 is 2.87 bits per heavy atom. The lowest BCUT2D eigenvalue weighted by atomic mass is 10.2. The van der Waals surface area contributed by atoms with Gasteiger partial charge in [-0.05, 0) is 5.38 Å². The zero-order valence-electron chi connectivity index (χ0n) is 7.83. The lowest BCUT2D eigenvalue weighted by Gasteiger charge is -2.26. The van der Waals surface area contributed by atoms with Crippen LogP contribution in [0.2, 0.25) is 5.02 Å². The van der Waals surface area contributed by atoms with Crippen molar-refractivity contribution in [2.45, 2.75) is 13.0 Å². The summed E-state index contributed by atoms with van der Waals surface area (Å²) in [4.78, 5) is 23.9. The first-order chi connectivity index (χ1) is 7.16. The van der Waals surface area contributed by atoms with Crippen molar-refractivity contribution < 1.29 is 9.59 Å². The van der Waals surface area contributed by atoms with E-state index in [1.165, 1.54) is 11.3 Å². The summed E-state index contributed by atoms with van der Waals surface area (Å²) in [6, 6.07) is -0.339. The predicted molar refractivity (Wildman–Crippen MR) is 57.9 cm³/mol. The maximum absolute atomic E-state index is 11.4. The summed E-state index contributed by atoms with van der Waals surface area (Å²) in [6.07, 6.45) is 0.355. The van der Waals surface area contributed by atoms with Crippen molar-refractivity contribution in [1.29, 1.82) is 0 Å². The Kier molecular flexibility index (Phi) is 2.93. The van der Waals surface area contributed by atoms with E-state index in [0.29, 0.717) is 24.5 Å². The van der Waals surface area contributed by atoms with Gasteiger partial charge in [0, 0.05) is 30.5 Å². The normalized spacial score (nSPS) is 16.7. The molecule has 0 atom stereocenters. The van der Waals surface area contributed by atoms with Crippen molar-refractivity contribution >= 4 is 34.9 Å². The van der Waals surface area contributed by atoms with Gasteiger partial charge in [-0.15, -0.1) is 0 Å².